The SMILES string of the molecule is Cc1ccccc1-c1c(F)cc(F)c(-c2ccccc2C)c1Cl. The van der Waals surface area contributed by atoms with Crippen LogP contribution in [0.5, 0.6) is 0 Å². The maximum absolute atomic E-state index is 14.4. The normalized spacial score (nSPS) is 10.8. The first-order valence-electron chi connectivity index (χ1n) is 7.30. The Balaban J connectivity index is 2.35. The molecule has 0 aromatic heterocycles. The van der Waals surface area contributed by atoms with E-state index in [4.69, 9.17) is 11.6 Å². The Kier molecular flexibility index (Phi) is 4.18. The van der Waals surface area contributed by atoms with E-state index >= 15 is 0 Å². The van der Waals surface area contributed by atoms with Gasteiger partial charge in [-0.1, -0.05) is 60.1 Å². The van der Waals surface area contributed by atoms with E-state index < -0.39 is 11.6 Å². The zero-order valence-electron chi connectivity index (χ0n) is 12.8. The highest BCUT2D eigenvalue weighted by Crippen LogP contribution is 2.41. The van der Waals surface area contributed by atoms with E-state index in [9.17, 15) is 8.78 Å². The quantitative estimate of drug-likeness (QED) is 0.499. The molecule has 116 valence electrons. The first kappa shape index (κ1) is 15.7. The third-order valence-corrected chi connectivity index (χ3v) is 4.38. The van der Waals surface area contributed by atoms with Gasteiger partial charge in [-0.2, -0.15) is 0 Å². The summed E-state index contributed by atoms with van der Waals surface area (Å²) in [6.07, 6.45) is 0. The van der Waals surface area contributed by atoms with E-state index in [-0.39, 0.29) is 16.1 Å². The summed E-state index contributed by atoms with van der Waals surface area (Å²) >= 11 is 6.45. The zero-order valence-corrected chi connectivity index (χ0v) is 13.6. The highest BCUT2D eigenvalue weighted by molar-refractivity contribution is 6.36. The molecule has 0 fully saturated rings. The van der Waals surface area contributed by atoms with Gasteiger partial charge in [0.15, 0.2) is 0 Å². The summed E-state index contributed by atoms with van der Waals surface area (Å²) < 4.78 is 28.9. The molecule has 3 rings (SSSR count). The number of hydrogen-bond donors (Lipinski definition) is 0. The van der Waals surface area contributed by atoms with Gasteiger partial charge in [-0.05, 0) is 36.1 Å². The van der Waals surface area contributed by atoms with Crippen LogP contribution in [0.25, 0.3) is 22.3 Å². The van der Waals surface area contributed by atoms with Gasteiger partial charge in [0.25, 0.3) is 0 Å². The predicted octanol–water partition coefficient (Wildman–Crippen LogP) is 6.57. The summed E-state index contributed by atoms with van der Waals surface area (Å²) in [6, 6.07) is 15.6. The lowest BCUT2D eigenvalue weighted by atomic mass is 9.93. The third-order valence-electron chi connectivity index (χ3n) is 4.00. The maximum atomic E-state index is 14.4. The molecule has 0 aliphatic heterocycles. The molecule has 23 heavy (non-hydrogen) atoms. The van der Waals surface area contributed by atoms with Crippen molar-refractivity contribution in [2.24, 2.45) is 0 Å². The van der Waals surface area contributed by atoms with Crippen LogP contribution in [0.1, 0.15) is 11.1 Å². The second kappa shape index (κ2) is 6.13. The van der Waals surface area contributed by atoms with Crippen molar-refractivity contribution in [1.29, 1.82) is 0 Å². The van der Waals surface area contributed by atoms with Crippen molar-refractivity contribution in [3.63, 3.8) is 0 Å². The van der Waals surface area contributed by atoms with Gasteiger partial charge >= 0.3 is 0 Å². The van der Waals surface area contributed by atoms with E-state index in [0.29, 0.717) is 11.1 Å². The molecule has 0 radical (unpaired) electrons. The van der Waals surface area contributed by atoms with Gasteiger partial charge in [-0.3, -0.25) is 0 Å². The van der Waals surface area contributed by atoms with E-state index in [1.807, 2.05) is 50.2 Å². The molecule has 0 atom stereocenters. The van der Waals surface area contributed by atoms with Gasteiger partial charge in [0.1, 0.15) is 11.6 Å². The first-order chi connectivity index (χ1) is 11.0. The van der Waals surface area contributed by atoms with Crippen LogP contribution < -0.4 is 0 Å². The molecular weight excluding hydrogens is 314 g/mol. The summed E-state index contributed by atoms with van der Waals surface area (Å²) in [5.74, 6) is -1.31. The van der Waals surface area contributed by atoms with Gasteiger partial charge < -0.3 is 0 Å². The molecule has 0 nitrogen and oxygen atoms in total. The van der Waals surface area contributed by atoms with Gasteiger partial charge in [-0.15, -0.1) is 0 Å². The highest BCUT2D eigenvalue weighted by atomic mass is 35.5. The number of aryl methyl sites for hydroxylation is 2. The summed E-state index contributed by atoms with van der Waals surface area (Å²) in [5, 5.41) is 0.103. The van der Waals surface area contributed by atoms with Crippen LogP contribution in [-0.2, 0) is 0 Å². The molecule has 0 unspecified atom stereocenters. The molecule has 0 heterocycles. The molecule has 3 aromatic rings. The van der Waals surface area contributed by atoms with Gasteiger partial charge in [0.2, 0.25) is 0 Å². The molecule has 0 saturated heterocycles. The zero-order chi connectivity index (χ0) is 16.6. The summed E-state index contributed by atoms with van der Waals surface area (Å²) in [6.45, 7) is 3.75. The Morgan fingerprint density at radius 3 is 1.48 bits per heavy atom. The van der Waals surface area contributed by atoms with Crippen molar-refractivity contribution in [1.82, 2.24) is 0 Å². The minimum absolute atomic E-state index is 0.103. The number of rotatable bonds is 2. The van der Waals surface area contributed by atoms with Crippen LogP contribution in [0.2, 0.25) is 5.02 Å². The van der Waals surface area contributed by atoms with Crippen LogP contribution in [0.3, 0.4) is 0 Å². The molecule has 0 amide bonds. The van der Waals surface area contributed by atoms with Crippen LogP contribution in [0, 0.1) is 25.5 Å². The smallest absolute Gasteiger partial charge is 0.135 e. The summed E-state index contributed by atoms with van der Waals surface area (Å²) in [4.78, 5) is 0. The Labute approximate surface area is 139 Å². The topological polar surface area (TPSA) is 0 Å². The minimum Gasteiger partial charge on any atom is -0.206 e. The van der Waals surface area contributed by atoms with Crippen molar-refractivity contribution in [3.05, 3.63) is 82.4 Å². The fraction of sp³-hybridized carbons (Fsp3) is 0.100. The molecular formula is C20H15ClF2. The number of halogens is 3. The van der Waals surface area contributed by atoms with Crippen LogP contribution >= 0.6 is 11.6 Å². The van der Waals surface area contributed by atoms with Crippen molar-refractivity contribution >= 4 is 11.6 Å². The lowest BCUT2D eigenvalue weighted by molar-refractivity contribution is 0.588. The molecule has 3 aromatic carbocycles. The fourth-order valence-electron chi connectivity index (χ4n) is 2.79. The molecule has 3 heteroatoms. The van der Waals surface area contributed by atoms with Crippen LogP contribution in [0.15, 0.2) is 54.6 Å². The first-order valence-corrected chi connectivity index (χ1v) is 7.68. The lowest BCUT2D eigenvalue weighted by Gasteiger charge is -2.15. The Bertz CT molecular complexity index is 815. The standard InChI is InChI=1S/C20H15ClF2/c1-12-7-3-5-9-14(12)18-16(22)11-17(23)19(20(18)21)15-10-6-4-8-13(15)2/h3-11H,1-2H3. The van der Waals surface area contributed by atoms with E-state index in [1.54, 1.807) is 12.1 Å². The largest absolute Gasteiger partial charge is 0.206 e. The number of hydrogen-bond acceptors (Lipinski definition) is 0. The molecule has 0 aliphatic carbocycles. The Morgan fingerprint density at radius 2 is 1.09 bits per heavy atom. The lowest BCUT2D eigenvalue weighted by Crippen LogP contribution is -1.96. The van der Waals surface area contributed by atoms with Crippen LogP contribution in [0.4, 0.5) is 8.78 Å². The minimum atomic E-state index is -0.654. The van der Waals surface area contributed by atoms with Crippen LogP contribution in [-0.4, -0.2) is 0 Å². The maximum Gasteiger partial charge on any atom is 0.135 e. The Hall–Kier alpha value is -2.19. The van der Waals surface area contributed by atoms with Crippen molar-refractivity contribution in [2.45, 2.75) is 13.8 Å². The molecule has 0 spiro atoms. The van der Waals surface area contributed by atoms with Gasteiger partial charge in [-0.25, -0.2) is 8.78 Å². The average molecular weight is 329 g/mol. The summed E-state index contributed by atoms with van der Waals surface area (Å²) in [7, 11) is 0. The highest BCUT2D eigenvalue weighted by Gasteiger charge is 2.21. The molecule has 0 aliphatic rings. The average Bonchev–Trinajstić information content (AvgIpc) is 2.50. The van der Waals surface area contributed by atoms with E-state index in [1.165, 1.54) is 0 Å². The monoisotopic (exact) mass is 328 g/mol. The molecule has 0 N–H and O–H groups in total. The molecule has 0 saturated carbocycles. The fourth-order valence-corrected chi connectivity index (χ4v) is 3.17. The van der Waals surface area contributed by atoms with Gasteiger partial charge in [0.05, 0.1) is 5.02 Å². The van der Waals surface area contributed by atoms with Crippen molar-refractivity contribution < 1.29 is 8.78 Å². The van der Waals surface area contributed by atoms with E-state index in [0.717, 1.165) is 17.2 Å². The number of benzene rings is 3. The summed E-state index contributed by atoms with van der Waals surface area (Å²) in [5.41, 5.74) is 3.59. The second-order valence-corrected chi connectivity index (χ2v) is 5.91. The second-order valence-electron chi connectivity index (χ2n) is 5.53. The Morgan fingerprint density at radius 1 is 0.696 bits per heavy atom. The molecule has 0 bridgehead atoms. The van der Waals surface area contributed by atoms with Gasteiger partial charge in [0, 0.05) is 17.2 Å². The van der Waals surface area contributed by atoms with E-state index in [2.05, 4.69) is 0 Å². The predicted molar refractivity (Wildman–Crippen MR) is 91.7 cm³/mol. The third kappa shape index (κ3) is 2.75. The van der Waals surface area contributed by atoms with Crippen molar-refractivity contribution in [2.75, 3.05) is 0 Å². The van der Waals surface area contributed by atoms with Crippen molar-refractivity contribution in [3.8, 4) is 22.3 Å².